The van der Waals surface area contributed by atoms with Crippen molar-refractivity contribution in [1.82, 2.24) is 4.90 Å². The van der Waals surface area contributed by atoms with Gasteiger partial charge in [-0.2, -0.15) is 0 Å². The van der Waals surface area contributed by atoms with Crippen molar-refractivity contribution in [2.45, 2.75) is 19.9 Å². The molecule has 1 amide bonds. The molecule has 138 valence electrons. The van der Waals surface area contributed by atoms with Crippen molar-refractivity contribution < 1.29 is 28.2 Å². The van der Waals surface area contributed by atoms with Gasteiger partial charge in [-0.15, -0.1) is 0 Å². The molecule has 3 rings (SSSR count). The summed E-state index contributed by atoms with van der Waals surface area (Å²) in [5, 5.41) is 0. The lowest BCUT2D eigenvalue weighted by Crippen LogP contribution is -2.38. The summed E-state index contributed by atoms with van der Waals surface area (Å²) in [6.07, 6.45) is 2.11. The van der Waals surface area contributed by atoms with E-state index in [0.717, 1.165) is 11.1 Å². The molecule has 7 nitrogen and oxygen atoms in total. The molecule has 0 saturated carbocycles. The number of nitrogens with zero attached hydrogens (tertiary/aromatic N) is 1. The molecule has 0 spiro atoms. The number of hydrogen-bond acceptors (Lipinski definition) is 6. The molecule has 2 aromatic rings. The Kier molecular flexibility index (Phi) is 5.16. The van der Waals surface area contributed by atoms with Gasteiger partial charge in [-0.25, -0.2) is 4.79 Å². The molecule has 7 heteroatoms. The SMILES string of the molecule is COc1cc2c(cc1OC)CN(C(=O)COC(=O)c1occc1C)CC2. The van der Waals surface area contributed by atoms with Crippen LogP contribution in [-0.2, 0) is 22.5 Å². The first-order valence-corrected chi connectivity index (χ1v) is 8.26. The molecule has 0 fully saturated rings. The number of methoxy groups -OCH3 is 2. The highest BCUT2D eigenvalue weighted by molar-refractivity contribution is 5.90. The van der Waals surface area contributed by atoms with E-state index in [9.17, 15) is 9.59 Å². The maximum absolute atomic E-state index is 12.4. The molecule has 1 aliphatic heterocycles. The van der Waals surface area contributed by atoms with Gasteiger partial charge < -0.3 is 23.5 Å². The van der Waals surface area contributed by atoms with Crippen molar-refractivity contribution in [3.8, 4) is 11.5 Å². The highest BCUT2D eigenvalue weighted by Crippen LogP contribution is 2.33. The number of carbonyl (C=O) groups excluding carboxylic acids is 2. The number of esters is 1. The maximum Gasteiger partial charge on any atom is 0.375 e. The molecule has 0 aliphatic carbocycles. The lowest BCUT2D eigenvalue weighted by atomic mass is 9.99. The molecule has 0 bridgehead atoms. The fraction of sp³-hybridized carbons (Fsp3) is 0.368. The van der Waals surface area contributed by atoms with Crippen LogP contribution in [0.5, 0.6) is 11.5 Å². The Labute approximate surface area is 151 Å². The Morgan fingerprint density at radius 3 is 2.46 bits per heavy atom. The summed E-state index contributed by atoms with van der Waals surface area (Å²) >= 11 is 0. The minimum Gasteiger partial charge on any atom is -0.493 e. The summed E-state index contributed by atoms with van der Waals surface area (Å²) in [6, 6.07) is 5.49. The molecule has 0 unspecified atom stereocenters. The van der Waals surface area contributed by atoms with Crippen LogP contribution < -0.4 is 9.47 Å². The first-order chi connectivity index (χ1) is 12.5. The lowest BCUT2D eigenvalue weighted by molar-refractivity contribution is -0.135. The standard InChI is InChI=1S/C19H21NO6/c1-12-5-7-25-18(12)19(22)26-11-17(21)20-6-4-13-8-15(23-2)16(24-3)9-14(13)10-20/h5,7-9H,4,6,10-11H2,1-3H3. The summed E-state index contributed by atoms with van der Waals surface area (Å²) in [4.78, 5) is 26.0. The van der Waals surface area contributed by atoms with Gasteiger partial charge in [0, 0.05) is 18.7 Å². The van der Waals surface area contributed by atoms with Crippen LogP contribution >= 0.6 is 0 Å². The molecular weight excluding hydrogens is 338 g/mol. The van der Waals surface area contributed by atoms with Crippen molar-refractivity contribution in [1.29, 1.82) is 0 Å². The van der Waals surface area contributed by atoms with Gasteiger partial charge in [-0.1, -0.05) is 0 Å². The number of ether oxygens (including phenoxy) is 3. The van der Waals surface area contributed by atoms with E-state index in [0.29, 0.717) is 36.6 Å². The fourth-order valence-electron chi connectivity index (χ4n) is 2.96. The van der Waals surface area contributed by atoms with Crippen molar-refractivity contribution in [3.05, 3.63) is 46.9 Å². The van der Waals surface area contributed by atoms with E-state index in [1.807, 2.05) is 12.1 Å². The topological polar surface area (TPSA) is 78.2 Å². The van der Waals surface area contributed by atoms with Crippen LogP contribution in [0, 0.1) is 6.92 Å². The highest BCUT2D eigenvalue weighted by atomic mass is 16.5. The van der Waals surface area contributed by atoms with Crippen molar-refractivity contribution in [2.24, 2.45) is 0 Å². The number of fused-ring (bicyclic) bond motifs is 1. The summed E-state index contributed by atoms with van der Waals surface area (Å²) in [5.41, 5.74) is 2.79. The number of carbonyl (C=O) groups is 2. The number of amides is 1. The van der Waals surface area contributed by atoms with Crippen molar-refractivity contribution >= 4 is 11.9 Å². The van der Waals surface area contributed by atoms with E-state index in [4.69, 9.17) is 18.6 Å². The normalized spacial score (nSPS) is 13.1. The monoisotopic (exact) mass is 359 g/mol. The molecule has 0 radical (unpaired) electrons. The van der Waals surface area contributed by atoms with Gasteiger partial charge in [0.15, 0.2) is 18.1 Å². The Bertz CT molecular complexity index is 825. The summed E-state index contributed by atoms with van der Waals surface area (Å²) in [7, 11) is 3.17. The Morgan fingerprint density at radius 1 is 1.15 bits per heavy atom. The van der Waals surface area contributed by atoms with E-state index in [1.54, 1.807) is 32.1 Å². The molecule has 0 atom stereocenters. The Balaban J connectivity index is 1.64. The lowest BCUT2D eigenvalue weighted by Gasteiger charge is -2.29. The van der Waals surface area contributed by atoms with Crippen LogP contribution in [0.15, 0.2) is 28.9 Å². The Hall–Kier alpha value is -2.96. The molecule has 2 heterocycles. The second-order valence-electron chi connectivity index (χ2n) is 6.05. The zero-order valence-corrected chi connectivity index (χ0v) is 15.0. The quantitative estimate of drug-likeness (QED) is 0.763. The first kappa shape index (κ1) is 17.8. The van der Waals surface area contributed by atoms with Gasteiger partial charge in [-0.3, -0.25) is 4.79 Å². The summed E-state index contributed by atoms with van der Waals surface area (Å²) < 4.78 is 20.8. The maximum atomic E-state index is 12.4. The number of aryl methyl sites for hydroxylation is 1. The largest absolute Gasteiger partial charge is 0.493 e. The fourth-order valence-corrected chi connectivity index (χ4v) is 2.96. The van der Waals surface area contributed by atoms with Crippen LogP contribution in [0.1, 0.15) is 27.2 Å². The minimum atomic E-state index is -0.635. The smallest absolute Gasteiger partial charge is 0.375 e. The van der Waals surface area contributed by atoms with Gasteiger partial charge in [-0.05, 0) is 42.7 Å². The van der Waals surface area contributed by atoms with Gasteiger partial charge in [0.25, 0.3) is 5.91 Å². The molecule has 1 aromatic heterocycles. The van der Waals surface area contributed by atoms with Crippen LogP contribution in [0.2, 0.25) is 0 Å². The number of hydrogen-bond donors (Lipinski definition) is 0. The Morgan fingerprint density at radius 2 is 1.85 bits per heavy atom. The molecule has 1 aromatic carbocycles. The van der Waals surface area contributed by atoms with E-state index >= 15 is 0 Å². The first-order valence-electron chi connectivity index (χ1n) is 8.26. The van der Waals surface area contributed by atoms with Gasteiger partial charge in [0.2, 0.25) is 5.76 Å². The average molecular weight is 359 g/mol. The summed E-state index contributed by atoms with van der Waals surface area (Å²) in [5.74, 6) is 0.542. The van der Waals surface area contributed by atoms with E-state index in [1.165, 1.54) is 6.26 Å². The molecule has 0 saturated heterocycles. The number of furan rings is 1. The number of rotatable bonds is 5. The van der Waals surface area contributed by atoms with Crippen LogP contribution in [0.4, 0.5) is 0 Å². The van der Waals surface area contributed by atoms with E-state index in [-0.39, 0.29) is 18.3 Å². The highest BCUT2D eigenvalue weighted by Gasteiger charge is 2.24. The predicted octanol–water partition coefficient (Wildman–Crippen LogP) is 2.35. The minimum absolute atomic E-state index is 0.124. The zero-order valence-electron chi connectivity index (χ0n) is 15.0. The van der Waals surface area contributed by atoms with Crippen LogP contribution in [0.25, 0.3) is 0 Å². The van der Waals surface area contributed by atoms with Crippen LogP contribution in [-0.4, -0.2) is 44.1 Å². The van der Waals surface area contributed by atoms with Crippen LogP contribution in [0.3, 0.4) is 0 Å². The molecular formula is C19H21NO6. The van der Waals surface area contributed by atoms with E-state index in [2.05, 4.69) is 0 Å². The van der Waals surface area contributed by atoms with Crippen molar-refractivity contribution in [2.75, 3.05) is 27.4 Å². The predicted molar refractivity (Wildman–Crippen MR) is 92.4 cm³/mol. The van der Waals surface area contributed by atoms with Gasteiger partial charge in [0.1, 0.15) is 0 Å². The van der Waals surface area contributed by atoms with E-state index < -0.39 is 5.97 Å². The third-order valence-corrected chi connectivity index (χ3v) is 4.44. The average Bonchev–Trinajstić information content (AvgIpc) is 3.10. The third kappa shape index (κ3) is 3.51. The second kappa shape index (κ2) is 7.51. The zero-order chi connectivity index (χ0) is 18.7. The van der Waals surface area contributed by atoms with Crippen molar-refractivity contribution in [3.63, 3.8) is 0 Å². The summed E-state index contributed by atoms with van der Waals surface area (Å²) in [6.45, 7) is 2.41. The van der Waals surface area contributed by atoms with Gasteiger partial charge in [0.05, 0.1) is 20.5 Å². The molecule has 26 heavy (non-hydrogen) atoms. The molecule has 1 aliphatic rings. The third-order valence-electron chi connectivity index (χ3n) is 4.44. The van der Waals surface area contributed by atoms with Gasteiger partial charge >= 0.3 is 5.97 Å². The second-order valence-corrected chi connectivity index (χ2v) is 6.05. The molecule has 0 N–H and O–H groups in total. The number of benzene rings is 1.